The highest BCUT2D eigenvalue weighted by Gasteiger charge is 2.32. The Balaban J connectivity index is 1.84. The summed E-state index contributed by atoms with van der Waals surface area (Å²) in [5.74, 6) is 2.45. The monoisotopic (exact) mass is 167 g/mol. The maximum absolute atomic E-state index is 3.83. The fraction of sp³-hybridized carbons (Fsp3) is 0.857. The summed E-state index contributed by atoms with van der Waals surface area (Å²) in [7, 11) is 1.83. The molecule has 66 valence electrons. The van der Waals surface area contributed by atoms with Gasteiger partial charge in [0, 0.05) is 13.6 Å². The summed E-state index contributed by atoms with van der Waals surface area (Å²) in [5.41, 5.74) is 0. The van der Waals surface area contributed by atoms with Crippen molar-refractivity contribution in [3.8, 4) is 0 Å². The maximum atomic E-state index is 3.83. The van der Waals surface area contributed by atoms with Crippen LogP contribution >= 0.6 is 0 Å². The molecule has 0 aliphatic heterocycles. The Kier molecular flexibility index (Phi) is 1.71. The summed E-state index contributed by atoms with van der Waals surface area (Å²) >= 11 is 0. The fourth-order valence-corrected chi connectivity index (χ4v) is 1.29. The van der Waals surface area contributed by atoms with Crippen molar-refractivity contribution >= 4 is 5.95 Å². The van der Waals surface area contributed by atoms with Gasteiger partial charge in [-0.05, 0) is 28.7 Å². The molecule has 2 unspecified atom stereocenters. The molecule has 0 aromatic carbocycles. The van der Waals surface area contributed by atoms with Gasteiger partial charge in [0.15, 0.2) is 0 Å². The van der Waals surface area contributed by atoms with Crippen molar-refractivity contribution in [3.63, 3.8) is 0 Å². The highest BCUT2D eigenvalue weighted by molar-refractivity contribution is 5.21. The zero-order chi connectivity index (χ0) is 8.55. The lowest BCUT2D eigenvalue weighted by molar-refractivity contribution is 0.706. The van der Waals surface area contributed by atoms with E-state index in [-0.39, 0.29) is 0 Å². The highest BCUT2D eigenvalue weighted by atomic mass is 15.6. The van der Waals surface area contributed by atoms with E-state index in [0.717, 1.165) is 24.3 Å². The Morgan fingerprint density at radius 2 is 2.42 bits per heavy atom. The van der Waals surface area contributed by atoms with Gasteiger partial charge in [0.1, 0.15) is 0 Å². The van der Waals surface area contributed by atoms with Gasteiger partial charge in [0.2, 0.25) is 5.95 Å². The number of aryl methyl sites for hydroxylation is 1. The molecule has 1 aliphatic rings. The van der Waals surface area contributed by atoms with Crippen LogP contribution in [0.5, 0.6) is 0 Å². The third-order valence-electron chi connectivity index (χ3n) is 2.42. The van der Waals surface area contributed by atoms with Crippen LogP contribution in [0.4, 0.5) is 5.95 Å². The van der Waals surface area contributed by atoms with E-state index >= 15 is 0 Å². The van der Waals surface area contributed by atoms with Crippen LogP contribution in [-0.4, -0.2) is 26.8 Å². The Morgan fingerprint density at radius 3 is 2.92 bits per heavy atom. The van der Waals surface area contributed by atoms with Crippen molar-refractivity contribution in [1.82, 2.24) is 20.2 Å². The van der Waals surface area contributed by atoms with E-state index in [9.17, 15) is 0 Å². The number of hydrogen-bond donors (Lipinski definition) is 1. The standard InChI is InChI=1S/C7H13N5/c1-5-3-6(5)4-8-7-9-10-11-12(7)2/h5-6H,3-4H2,1-2H3,(H,8,9,11). The number of nitrogens with one attached hydrogen (secondary N) is 1. The molecule has 0 saturated heterocycles. The molecule has 12 heavy (non-hydrogen) atoms. The smallest absolute Gasteiger partial charge is 0.242 e. The average molecular weight is 167 g/mol. The summed E-state index contributed by atoms with van der Waals surface area (Å²) < 4.78 is 1.65. The van der Waals surface area contributed by atoms with E-state index in [2.05, 4.69) is 27.8 Å². The SMILES string of the molecule is CC1CC1CNc1nnnn1C. The van der Waals surface area contributed by atoms with Gasteiger partial charge in [-0.25, -0.2) is 4.68 Å². The molecule has 5 nitrogen and oxygen atoms in total. The number of aromatic nitrogens is 4. The van der Waals surface area contributed by atoms with E-state index < -0.39 is 0 Å². The number of anilines is 1. The van der Waals surface area contributed by atoms with Crippen LogP contribution in [-0.2, 0) is 7.05 Å². The molecule has 1 saturated carbocycles. The third kappa shape index (κ3) is 1.39. The lowest BCUT2D eigenvalue weighted by Gasteiger charge is -2.01. The quantitative estimate of drug-likeness (QED) is 0.702. The van der Waals surface area contributed by atoms with Gasteiger partial charge < -0.3 is 5.32 Å². The van der Waals surface area contributed by atoms with Crippen molar-refractivity contribution in [2.45, 2.75) is 13.3 Å². The van der Waals surface area contributed by atoms with Crippen molar-refractivity contribution in [2.75, 3.05) is 11.9 Å². The maximum Gasteiger partial charge on any atom is 0.242 e. The van der Waals surface area contributed by atoms with E-state index in [1.807, 2.05) is 7.05 Å². The van der Waals surface area contributed by atoms with Gasteiger partial charge in [-0.1, -0.05) is 12.0 Å². The van der Waals surface area contributed by atoms with E-state index in [1.54, 1.807) is 4.68 Å². The van der Waals surface area contributed by atoms with Gasteiger partial charge >= 0.3 is 0 Å². The molecule has 0 amide bonds. The Labute approximate surface area is 71.1 Å². The molecule has 1 heterocycles. The first-order valence-electron chi connectivity index (χ1n) is 4.23. The van der Waals surface area contributed by atoms with Crippen LogP contribution in [0, 0.1) is 11.8 Å². The van der Waals surface area contributed by atoms with Crippen LogP contribution < -0.4 is 5.32 Å². The van der Waals surface area contributed by atoms with E-state index in [0.29, 0.717) is 0 Å². The molecule has 5 heteroatoms. The zero-order valence-corrected chi connectivity index (χ0v) is 7.36. The summed E-state index contributed by atoms with van der Waals surface area (Å²) in [6.07, 6.45) is 1.33. The normalized spacial score (nSPS) is 27.2. The average Bonchev–Trinajstić information content (AvgIpc) is 2.57. The topological polar surface area (TPSA) is 55.6 Å². The third-order valence-corrected chi connectivity index (χ3v) is 2.42. The molecular weight excluding hydrogens is 154 g/mol. The summed E-state index contributed by atoms with van der Waals surface area (Å²) in [6.45, 7) is 3.26. The molecule has 1 N–H and O–H groups in total. The fourth-order valence-electron chi connectivity index (χ4n) is 1.29. The van der Waals surface area contributed by atoms with E-state index in [4.69, 9.17) is 0 Å². The predicted octanol–water partition coefficient (Wildman–Crippen LogP) is 0.278. The minimum Gasteiger partial charge on any atom is -0.353 e. The second kappa shape index (κ2) is 2.73. The first kappa shape index (κ1) is 7.52. The van der Waals surface area contributed by atoms with Crippen molar-refractivity contribution in [3.05, 3.63) is 0 Å². The molecule has 1 aromatic heterocycles. The Hall–Kier alpha value is -1.13. The molecule has 0 radical (unpaired) electrons. The van der Waals surface area contributed by atoms with Crippen molar-refractivity contribution in [2.24, 2.45) is 18.9 Å². The number of nitrogens with zero attached hydrogens (tertiary/aromatic N) is 4. The molecule has 0 spiro atoms. The number of rotatable bonds is 3. The van der Waals surface area contributed by atoms with Crippen LogP contribution in [0.25, 0.3) is 0 Å². The largest absolute Gasteiger partial charge is 0.353 e. The van der Waals surface area contributed by atoms with Crippen LogP contribution in [0.15, 0.2) is 0 Å². The molecule has 1 fully saturated rings. The van der Waals surface area contributed by atoms with Crippen molar-refractivity contribution in [1.29, 1.82) is 0 Å². The molecule has 2 rings (SSSR count). The van der Waals surface area contributed by atoms with Crippen molar-refractivity contribution < 1.29 is 0 Å². The summed E-state index contributed by atoms with van der Waals surface area (Å²) in [4.78, 5) is 0. The lowest BCUT2D eigenvalue weighted by atomic mass is 10.3. The summed E-state index contributed by atoms with van der Waals surface area (Å²) in [5, 5.41) is 14.3. The highest BCUT2D eigenvalue weighted by Crippen LogP contribution is 2.37. The van der Waals surface area contributed by atoms with Gasteiger partial charge in [-0.3, -0.25) is 0 Å². The molecule has 1 aromatic rings. The predicted molar refractivity (Wildman–Crippen MR) is 44.6 cm³/mol. The lowest BCUT2D eigenvalue weighted by Crippen LogP contribution is -2.09. The van der Waals surface area contributed by atoms with Gasteiger partial charge in [0.05, 0.1) is 0 Å². The molecule has 0 bridgehead atoms. The zero-order valence-electron chi connectivity index (χ0n) is 7.36. The minimum atomic E-state index is 0.758. The Bertz CT molecular complexity index is 269. The van der Waals surface area contributed by atoms with Crippen LogP contribution in [0.3, 0.4) is 0 Å². The van der Waals surface area contributed by atoms with Crippen LogP contribution in [0.2, 0.25) is 0 Å². The van der Waals surface area contributed by atoms with Gasteiger partial charge in [-0.15, -0.1) is 0 Å². The first-order chi connectivity index (χ1) is 5.77. The van der Waals surface area contributed by atoms with Gasteiger partial charge in [0.25, 0.3) is 0 Å². The Morgan fingerprint density at radius 1 is 1.67 bits per heavy atom. The number of tetrazole rings is 1. The van der Waals surface area contributed by atoms with E-state index in [1.165, 1.54) is 6.42 Å². The number of hydrogen-bond acceptors (Lipinski definition) is 4. The van der Waals surface area contributed by atoms with Gasteiger partial charge in [-0.2, -0.15) is 0 Å². The minimum absolute atomic E-state index is 0.758. The second-order valence-corrected chi connectivity index (χ2v) is 3.48. The van der Waals surface area contributed by atoms with Crippen LogP contribution in [0.1, 0.15) is 13.3 Å². The summed E-state index contributed by atoms with van der Waals surface area (Å²) in [6, 6.07) is 0. The molecule has 2 atom stereocenters. The molecule has 1 aliphatic carbocycles. The second-order valence-electron chi connectivity index (χ2n) is 3.48. The first-order valence-corrected chi connectivity index (χ1v) is 4.23. The molecular formula is C7H13N5.